The van der Waals surface area contributed by atoms with E-state index < -0.39 is 11.4 Å². The first-order valence-corrected chi connectivity index (χ1v) is 6.90. The number of aryl methyl sites for hydroxylation is 2. The monoisotopic (exact) mass is 278 g/mol. The van der Waals surface area contributed by atoms with E-state index in [1.54, 1.807) is 16.0 Å². The van der Waals surface area contributed by atoms with Gasteiger partial charge in [-0.2, -0.15) is 0 Å². The first-order valence-electron chi connectivity index (χ1n) is 6.09. The highest BCUT2D eigenvalue weighted by molar-refractivity contribution is 7.15. The summed E-state index contributed by atoms with van der Waals surface area (Å²) in [6, 6.07) is 2.04. The lowest BCUT2D eigenvalue weighted by atomic mass is 10.1. The smallest absolute Gasteiger partial charge is 0.311 e. The van der Waals surface area contributed by atoms with E-state index in [-0.39, 0.29) is 0 Å². The number of thiophene rings is 1. The van der Waals surface area contributed by atoms with E-state index in [1.807, 2.05) is 13.0 Å². The fourth-order valence-corrected chi connectivity index (χ4v) is 3.07. The molecule has 0 saturated heterocycles. The Kier molecular flexibility index (Phi) is 2.67. The SMILES string of the molecule is Cc1cc(-c2nnnn2CC2(C(=O)O)CC2)sc1C. The predicted molar refractivity (Wildman–Crippen MR) is 69.9 cm³/mol. The third-order valence-corrected chi connectivity index (χ3v) is 4.83. The van der Waals surface area contributed by atoms with Gasteiger partial charge in [0.05, 0.1) is 16.8 Å². The highest BCUT2D eigenvalue weighted by atomic mass is 32.1. The topological polar surface area (TPSA) is 80.9 Å². The van der Waals surface area contributed by atoms with E-state index in [9.17, 15) is 9.90 Å². The van der Waals surface area contributed by atoms with Crippen molar-refractivity contribution in [1.82, 2.24) is 20.2 Å². The van der Waals surface area contributed by atoms with Gasteiger partial charge >= 0.3 is 5.97 Å². The molecule has 2 aromatic heterocycles. The lowest BCUT2D eigenvalue weighted by molar-refractivity contribution is -0.144. The van der Waals surface area contributed by atoms with Gasteiger partial charge in [0, 0.05) is 4.88 Å². The summed E-state index contributed by atoms with van der Waals surface area (Å²) >= 11 is 1.63. The van der Waals surface area contributed by atoms with Crippen molar-refractivity contribution in [3.8, 4) is 10.7 Å². The third-order valence-electron chi connectivity index (χ3n) is 3.68. The molecule has 0 bridgehead atoms. The Morgan fingerprint density at radius 1 is 1.53 bits per heavy atom. The number of hydrogen-bond acceptors (Lipinski definition) is 5. The van der Waals surface area contributed by atoms with Crippen molar-refractivity contribution in [2.75, 3.05) is 0 Å². The fraction of sp³-hybridized carbons (Fsp3) is 0.500. The van der Waals surface area contributed by atoms with E-state index in [0.29, 0.717) is 25.2 Å². The van der Waals surface area contributed by atoms with Crippen LogP contribution in [0.1, 0.15) is 23.3 Å². The Hall–Kier alpha value is -1.76. The summed E-state index contributed by atoms with van der Waals surface area (Å²) in [5.41, 5.74) is 0.541. The van der Waals surface area contributed by atoms with Crippen LogP contribution in [0.2, 0.25) is 0 Å². The van der Waals surface area contributed by atoms with Crippen LogP contribution in [0.3, 0.4) is 0 Å². The molecule has 2 heterocycles. The van der Waals surface area contributed by atoms with Crippen LogP contribution in [-0.4, -0.2) is 31.3 Å². The van der Waals surface area contributed by atoms with Crippen LogP contribution < -0.4 is 0 Å². The molecule has 3 rings (SSSR count). The van der Waals surface area contributed by atoms with Crippen molar-refractivity contribution in [2.24, 2.45) is 5.41 Å². The zero-order valence-corrected chi connectivity index (χ0v) is 11.6. The molecule has 0 aliphatic heterocycles. The first kappa shape index (κ1) is 12.3. The van der Waals surface area contributed by atoms with E-state index in [1.165, 1.54) is 10.4 Å². The Morgan fingerprint density at radius 3 is 2.79 bits per heavy atom. The van der Waals surface area contributed by atoms with E-state index in [4.69, 9.17) is 0 Å². The van der Waals surface area contributed by atoms with Crippen LogP contribution >= 0.6 is 11.3 Å². The van der Waals surface area contributed by atoms with Gasteiger partial charge in [-0.1, -0.05) is 0 Å². The van der Waals surface area contributed by atoms with Crippen LogP contribution in [0.4, 0.5) is 0 Å². The molecule has 6 nitrogen and oxygen atoms in total. The third kappa shape index (κ3) is 2.03. The molecule has 0 aromatic carbocycles. The molecule has 19 heavy (non-hydrogen) atoms. The molecule has 0 amide bonds. The second kappa shape index (κ2) is 4.12. The average molecular weight is 278 g/mol. The van der Waals surface area contributed by atoms with E-state index >= 15 is 0 Å². The molecule has 1 saturated carbocycles. The van der Waals surface area contributed by atoms with Crippen LogP contribution in [0.5, 0.6) is 0 Å². The van der Waals surface area contributed by atoms with Crippen molar-refractivity contribution < 1.29 is 9.90 Å². The molecule has 7 heteroatoms. The summed E-state index contributed by atoms with van der Waals surface area (Å²) in [5, 5.41) is 20.9. The number of carboxylic acids is 1. The van der Waals surface area contributed by atoms with Gasteiger partial charge in [-0.3, -0.25) is 4.79 Å². The molecule has 0 radical (unpaired) electrons. The maximum atomic E-state index is 11.2. The Bertz CT molecular complexity index is 622. The summed E-state index contributed by atoms with van der Waals surface area (Å²) in [7, 11) is 0. The molecular formula is C12H14N4O2S. The van der Waals surface area contributed by atoms with Crippen LogP contribution in [-0.2, 0) is 11.3 Å². The summed E-state index contributed by atoms with van der Waals surface area (Å²) in [5.74, 6) is -0.0961. The van der Waals surface area contributed by atoms with Crippen molar-refractivity contribution in [1.29, 1.82) is 0 Å². The summed E-state index contributed by atoms with van der Waals surface area (Å²) in [6.07, 6.45) is 1.40. The number of nitrogens with zero attached hydrogens (tertiary/aromatic N) is 4. The number of rotatable bonds is 4. The minimum Gasteiger partial charge on any atom is -0.481 e. The zero-order valence-electron chi connectivity index (χ0n) is 10.8. The van der Waals surface area contributed by atoms with Crippen molar-refractivity contribution in [3.05, 3.63) is 16.5 Å². The summed E-state index contributed by atoms with van der Waals surface area (Å²) < 4.78 is 1.62. The second-order valence-corrected chi connectivity index (χ2v) is 6.35. The maximum Gasteiger partial charge on any atom is 0.311 e. The number of tetrazole rings is 1. The number of aliphatic carboxylic acids is 1. The van der Waals surface area contributed by atoms with Crippen LogP contribution in [0.15, 0.2) is 6.07 Å². The largest absolute Gasteiger partial charge is 0.481 e. The molecule has 1 aliphatic rings. The lowest BCUT2D eigenvalue weighted by Crippen LogP contribution is -2.22. The molecule has 0 atom stereocenters. The number of aromatic nitrogens is 4. The van der Waals surface area contributed by atoms with Gasteiger partial charge in [-0.25, -0.2) is 4.68 Å². The molecule has 0 spiro atoms. The average Bonchev–Trinajstić information content (AvgIpc) is 2.87. The number of carbonyl (C=O) groups is 1. The van der Waals surface area contributed by atoms with Gasteiger partial charge in [-0.15, -0.1) is 16.4 Å². The molecule has 1 aliphatic carbocycles. The Morgan fingerprint density at radius 2 is 2.26 bits per heavy atom. The van der Waals surface area contributed by atoms with Gasteiger partial charge in [0.25, 0.3) is 0 Å². The highest BCUT2D eigenvalue weighted by Gasteiger charge is 2.51. The molecule has 1 N–H and O–H groups in total. The quantitative estimate of drug-likeness (QED) is 0.923. The normalized spacial score (nSPS) is 16.5. The number of hydrogen-bond donors (Lipinski definition) is 1. The Labute approximate surface area is 114 Å². The highest BCUT2D eigenvalue weighted by Crippen LogP contribution is 2.47. The second-order valence-electron chi connectivity index (χ2n) is 5.10. The minimum absolute atomic E-state index is 0.348. The van der Waals surface area contributed by atoms with Gasteiger partial charge in [0.15, 0.2) is 5.82 Å². The standard InChI is InChI=1S/C12H14N4O2S/c1-7-5-9(19-8(7)2)10-13-14-15-16(10)6-12(3-4-12)11(17)18/h5H,3-4,6H2,1-2H3,(H,17,18). The minimum atomic E-state index is -0.757. The molecule has 0 unspecified atom stereocenters. The van der Waals surface area contributed by atoms with Gasteiger partial charge in [0.2, 0.25) is 0 Å². The van der Waals surface area contributed by atoms with Gasteiger partial charge in [0.1, 0.15) is 0 Å². The van der Waals surface area contributed by atoms with Crippen LogP contribution in [0.25, 0.3) is 10.7 Å². The molecule has 100 valence electrons. The van der Waals surface area contributed by atoms with Gasteiger partial charge in [-0.05, 0) is 48.7 Å². The number of carboxylic acid groups (broad SMARTS) is 1. The maximum absolute atomic E-state index is 11.2. The van der Waals surface area contributed by atoms with Crippen molar-refractivity contribution in [2.45, 2.75) is 33.2 Å². The van der Waals surface area contributed by atoms with Gasteiger partial charge < -0.3 is 5.11 Å². The van der Waals surface area contributed by atoms with E-state index in [2.05, 4.69) is 22.4 Å². The molecule has 2 aromatic rings. The molecule has 1 fully saturated rings. The van der Waals surface area contributed by atoms with E-state index in [0.717, 1.165) is 4.88 Å². The molecular weight excluding hydrogens is 264 g/mol. The fourth-order valence-electron chi connectivity index (χ4n) is 2.05. The predicted octanol–water partition coefficient (Wildman–Crippen LogP) is 1.88. The van der Waals surface area contributed by atoms with Crippen molar-refractivity contribution >= 4 is 17.3 Å². The lowest BCUT2D eigenvalue weighted by Gasteiger charge is -2.09. The summed E-state index contributed by atoms with van der Waals surface area (Å²) in [4.78, 5) is 13.4. The summed E-state index contributed by atoms with van der Waals surface area (Å²) in [6.45, 7) is 4.45. The first-order chi connectivity index (χ1) is 9.02. The zero-order chi connectivity index (χ0) is 13.6. The van der Waals surface area contributed by atoms with Crippen LogP contribution in [0, 0.1) is 19.3 Å². The Balaban J connectivity index is 1.93. The van der Waals surface area contributed by atoms with Crippen molar-refractivity contribution in [3.63, 3.8) is 0 Å².